The van der Waals surface area contributed by atoms with E-state index in [1.165, 1.54) is 11.1 Å². The fourth-order valence-corrected chi connectivity index (χ4v) is 3.79. The molecule has 2 N–H and O–H groups in total. The van der Waals surface area contributed by atoms with Crippen molar-refractivity contribution in [3.8, 4) is 16.8 Å². The van der Waals surface area contributed by atoms with Crippen molar-refractivity contribution >= 4 is 28.0 Å². The van der Waals surface area contributed by atoms with Crippen LogP contribution in [0.2, 0.25) is 0 Å². The molecule has 3 aromatic carbocycles. The molecule has 7 heteroatoms. The summed E-state index contributed by atoms with van der Waals surface area (Å²) >= 11 is 0. The Labute approximate surface area is 183 Å². The first-order valence-corrected chi connectivity index (χ1v) is 10.4. The average molecular weight is 417 g/mol. The van der Waals surface area contributed by atoms with Gasteiger partial charge in [0.25, 0.3) is 0 Å². The Morgan fingerprint density at radius 3 is 2.56 bits per heavy atom. The zero-order valence-corrected chi connectivity index (χ0v) is 17.1. The van der Waals surface area contributed by atoms with Gasteiger partial charge in [0, 0.05) is 11.9 Å². The van der Waals surface area contributed by atoms with Crippen LogP contribution in [0.15, 0.2) is 91.5 Å². The van der Waals surface area contributed by atoms with Crippen molar-refractivity contribution in [2.45, 2.75) is 6.54 Å². The van der Waals surface area contributed by atoms with Crippen LogP contribution in [0, 0.1) is 0 Å². The van der Waals surface area contributed by atoms with Crippen LogP contribution in [0.25, 0.3) is 38.9 Å². The number of H-pyrrole nitrogens is 1. The SMILES string of the molecule is c1ccc(-c2ccc(CNc3ncc4ncn(-c5ccc6cn[nH]c6c5)c4n3)cc2)cc1. The third kappa shape index (κ3) is 3.35. The van der Waals surface area contributed by atoms with Crippen molar-refractivity contribution in [1.29, 1.82) is 0 Å². The molecule has 0 fully saturated rings. The number of nitrogens with zero attached hydrogens (tertiary/aromatic N) is 5. The lowest BCUT2D eigenvalue weighted by Crippen LogP contribution is -2.04. The predicted octanol–water partition coefficient (Wildman–Crippen LogP) is 4.97. The van der Waals surface area contributed by atoms with Crippen molar-refractivity contribution in [1.82, 2.24) is 29.7 Å². The number of anilines is 1. The Kier molecular flexibility index (Phi) is 4.35. The number of nitrogens with one attached hydrogen (secondary N) is 2. The Morgan fingerprint density at radius 1 is 0.844 bits per heavy atom. The van der Waals surface area contributed by atoms with E-state index in [2.05, 4.69) is 74.0 Å². The van der Waals surface area contributed by atoms with Crippen LogP contribution in [0.3, 0.4) is 0 Å². The van der Waals surface area contributed by atoms with E-state index in [4.69, 9.17) is 4.98 Å². The van der Waals surface area contributed by atoms with Gasteiger partial charge >= 0.3 is 0 Å². The molecule has 0 aliphatic heterocycles. The van der Waals surface area contributed by atoms with E-state index in [9.17, 15) is 0 Å². The quantitative estimate of drug-likeness (QED) is 0.414. The molecule has 0 aliphatic carbocycles. The van der Waals surface area contributed by atoms with Crippen molar-refractivity contribution in [2.24, 2.45) is 0 Å². The topological polar surface area (TPSA) is 84.3 Å². The molecule has 3 aromatic heterocycles. The first kappa shape index (κ1) is 18.3. The van der Waals surface area contributed by atoms with E-state index >= 15 is 0 Å². The van der Waals surface area contributed by atoms with E-state index in [-0.39, 0.29) is 0 Å². The minimum atomic E-state index is 0.564. The van der Waals surface area contributed by atoms with Gasteiger partial charge in [0.05, 0.1) is 23.6 Å². The molecule has 6 rings (SSSR count). The zero-order chi connectivity index (χ0) is 21.3. The summed E-state index contributed by atoms with van der Waals surface area (Å²) in [6.07, 6.45) is 5.32. The number of imidazole rings is 1. The van der Waals surface area contributed by atoms with Crippen LogP contribution in [0.4, 0.5) is 5.95 Å². The van der Waals surface area contributed by atoms with E-state index in [1.807, 2.05) is 35.0 Å². The van der Waals surface area contributed by atoms with Gasteiger partial charge < -0.3 is 5.32 Å². The number of aromatic amines is 1. The van der Waals surface area contributed by atoms with Gasteiger partial charge in [-0.25, -0.2) is 9.97 Å². The molecular weight excluding hydrogens is 398 g/mol. The standard InChI is InChI=1S/C25H19N7/c1-2-4-18(5-3-1)19-8-6-17(7-9-19)13-26-25-27-15-23-24(30-25)32(16-28-23)21-11-10-20-14-29-31-22(20)12-21/h1-12,14-16H,13H2,(H,29,31)(H,26,27,30). The minimum Gasteiger partial charge on any atom is -0.350 e. The summed E-state index contributed by atoms with van der Waals surface area (Å²) in [4.78, 5) is 13.6. The van der Waals surface area contributed by atoms with Gasteiger partial charge in [-0.15, -0.1) is 0 Å². The minimum absolute atomic E-state index is 0.564. The van der Waals surface area contributed by atoms with Gasteiger partial charge in [0.15, 0.2) is 5.65 Å². The molecule has 7 nitrogen and oxygen atoms in total. The van der Waals surface area contributed by atoms with Crippen LogP contribution in [-0.2, 0) is 6.54 Å². The number of fused-ring (bicyclic) bond motifs is 2. The summed E-state index contributed by atoms with van der Waals surface area (Å²) in [6, 6.07) is 25.0. The monoisotopic (exact) mass is 417 g/mol. The van der Waals surface area contributed by atoms with Crippen LogP contribution in [0.5, 0.6) is 0 Å². The van der Waals surface area contributed by atoms with Gasteiger partial charge in [-0.2, -0.15) is 10.1 Å². The summed E-state index contributed by atoms with van der Waals surface area (Å²) in [7, 11) is 0. The highest BCUT2D eigenvalue weighted by Gasteiger charge is 2.09. The number of hydrogen-bond acceptors (Lipinski definition) is 5. The lowest BCUT2D eigenvalue weighted by Gasteiger charge is -2.08. The number of aromatic nitrogens is 6. The second kappa shape index (κ2) is 7.63. The summed E-state index contributed by atoms with van der Waals surface area (Å²) in [5.41, 5.74) is 6.99. The van der Waals surface area contributed by atoms with Crippen LogP contribution >= 0.6 is 0 Å². The Morgan fingerprint density at radius 2 is 1.69 bits per heavy atom. The highest BCUT2D eigenvalue weighted by Crippen LogP contribution is 2.22. The molecule has 154 valence electrons. The molecule has 0 bridgehead atoms. The summed E-state index contributed by atoms with van der Waals surface area (Å²) in [5, 5.41) is 11.5. The smallest absolute Gasteiger partial charge is 0.225 e. The Balaban J connectivity index is 1.24. The Hall–Kier alpha value is -4.52. The van der Waals surface area contributed by atoms with Gasteiger partial charge in [-0.05, 0) is 34.9 Å². The first-order valence-electron chi connectivity index (χ1n) is 10.4. The molecule has 0 saturated heterocycles. The second-order valence-corrected chi connectivity index (χ2v) is 7.58. The largest absolute Gasteiger partial charge is 0.350 e. The normalized spacial score (nSPS) is 11.2. The van der Waals surface area contributed by atoms with E-state index < -0.39 is 0 Å². The highest BCUT2D eigenvalue weighted by atomic mass is 15.2. The van der Waals surface area contributed by atoms with Crippen LogP contribution in [0.1, 0.15) is 5.56 Å². The third-order valence-electron chi connectivity index (χ3n) is 5.51. The van der Waals surface area contributed by atoms with Crippen LogP contribution in [-0.4, -0.2) is 29.7 Å². The fraction of sp³-hybridized carbons (Fsp3) is 0.0400. The fourth-order valence-electron chi connectivity index (χ4n) is 3.79. The first-order chi connectivity index (χ1) is 15.8. The number of benzene rings is 3. The predicted molar refractivity (Wildman–Crippen MR) is 126 cm³/mol. The molecule has 0 saturated carbocycles. The molecular formula is C25H19N7. The maximum absolute atomic E-state index is 4.71. The molecule has 0 atom stereocenters. The highest BCUT2D eigenvalue weighted by molar-refractivity contribution is 5.81. The summed E-state index contributed by atoms with van der Waals surface area (Å²) in [6.45, 7) is 0.634. The molecule has 0 amide bonds. The van der Waals surface area contributed by atoms with E-state index in [1.54, 1.807) is 12.5 Å². The molecule has 32 heavy (non-hydrogen) atoms. The van der Waals surface area contributed by atoms with Crippen molar-refractivity contribution in [3.63, 3.8) is 0 Å². The maximum atomic E-state index is 4.71. The lowest BCUT2D eigenvalue weighted by molar-refractivity contribution is 1.03. The van der Waals surface area contributed by atoms with Gasteiger partial charge in [-0.1, -0.05) is 54.6 Å². The van der Waals surface area contributed by atoms with Gasteiger partial charge in [-0.3, -0.25) is 9.67 Å². The number of rotatable bonds is 5. The van der Waals surface area contributed by atoms with Crippen LogP contribution < -0.4 is 5.32 Å². The molecule has 3 heterocycles. The van der Waals surface area contributed by atoms with Gasteiger partial charge in [0.1, 0.15) is 11.8 Å². The average Bonchev–Trinajstić information content (AvgIpc) is 3.50. The molecule has 0 aliphatic rings. The zero-order valence-electron chi connectivity index (χ0n) is 17.1. The molecule has 0 unspecified atom stereocenters. The summed E-state index contributed by atoms with van der Waals surface area (Å²) < 4.78 is 1.96. The van der Waals surface area contributed by atoms with Crippen molar-refractivity contribution in [3.05, 3.63) is 97.1 Å². The third-order valence-corrected chi connectivity index (χ3v) is 5.51. The lowest BCUT2D eigenvalue weighted by atomic mass is 10.0. The van der Waals surface area contributed by atoms with E-state index in [0.717, 1.165) is 33.3 Å². The maximum Gasteiger partial charge on any atom is 0.225 e. The van der Waals surface area contributed by atoms with E-state index in [0.29, 0.717) is 12.5 Å². The molecule has 0 radical (unpaired) electrons. The summed E-state index contributed by atoms with van der Waals surface area (Å²) in [5.74, 6) is 0.564. The van der Waals surface area contributed by atoms with Crippen molar-refractivity contribution < 1.29 is 0 Å². The number of hydrogen-bond donors (Lipinski definition) is 2. The molecule has 6 aromatic rings. The molecule has 0 spiro atoms. The van der Waals surface area contributed by atoms with Gasteiger partial charge in [0.2, 0.25) is 5.95 Å². The van der Waals surface area contributed by atoms with Crippen molar-refractivity contribution in [2.75, 3.05) is 5.32 Å². The second-order valence-electron chi connectivity index (χ2n) is 7.58. The Bertz CT molecular complexity index is 1520.